The van der Waals surface area contributed by atoms with Crippen LogP contribution in [0.5, 0.6) is 5.75 Å². The summed E-state index contributed by atoms with van der Waals surface area (Å²) in [6.45, 7) is 6.17. The van der Waals surface area contributed by atoms with Gasteiger partial charge in [0.15, 0.2) is 0 Å². The molecule has 0 aromatic heterocycles. The number of hydrogen-bond donors (Lipinski definition) is 0. The number of benzene rings is 1. The Morgan fingerprint density at radius 3 is 2.53 bits per heavy atom. The molecule has 81 valence electrons. The number of nitro benzene ring substituents is 1. The molecule has 0 fully saturated rings. The molecule has 1 rings (SSSR count). The zero-order chi connectivity index (χ0) is 11.4. The van der Waals surface area contributed by atoms with Gasteiger partial charge < -0.3 is 4.74 Å². The maximum atomic E-state index is 10.7. The molecule has 4 nitrogen and oxygen atoms in total. The molecule has 0 aliphatic rings. The maximum Gasteiger partial charge on any atom is 0.273 e. The minimum atomic E-state index is -0.408. The first kappa shape index (κ1) is 11.5. The van der Waals surface area contributed by atoms with Gasteiger partial charge in [-0.1, -0.05) is 13.8 Å². The van der Waals surface area contributed by atoms with Crippen molar-refractivity contribution in [2.45, 2.75) is 20.8 Å². The predicted octanol–water partition coefficient (Wildman–Crippen LogP) is 2.96. The Morgan fingerprint density at radius 2 is 2.07 bits per heavy atom. The van der Waals surface area contributed by atoms with Gasteiger partial charge in [-0.05, 0) is 24.5 Å². The van der Waals surface area contributed by atoms with Crippen molar-refractivity contribution in [1.82, 2.24) is 0 Å². The molecule has 0 bridgehead atoms. The minimum Gasteiger partial charge on any atom is -0.494 e. The van der Waals surface area contributed by atoms with Gasteiger partial charge in [0.25, 0.3) is 5.69 Å². The molecule has 1 aromatic rings. The molecular formula is C11H14NO3. The Bertz CT molecular complexity index is 361. The van der Waals surface area contributed by atoms with Crippen molar-refractivity contribution in [2.24, 2.45) is 0 Å². The van der Waals surface area contributed by atoms with Gasteiger partial charge in [-0.2, -0.15) is 0 Å². The Kier molecular flexibility index (Phi) is 3.66. The van der Waals surface area contributed by atoms with Crippen LogP contribution in [-0.4, -0.2) is 11.5 Å². The summed E-state index contributed by atoms with van der Waals surface area (Å²) < 4.78 is 5.27. The first-order valence-electron chi connectivity index (χ1n) is 4.77. The van der Waals surface area contributed by atoms with Gasteiger partial charge in [-0.3, -0.25) is 10.1 Å². The molecule has 15 heavy (non-hydrogen) atoms. The first-order chi connectivity index (χ1) is 7.04. The van der Waals surface area contributed by atoms with Gasteiger partial charge in [0.1, 0.15) is 5.75 Å². The molecule has 0 saturated carbocycles. The lowest BCUT2D eigenvalue weighted by atomic mass is 10.0. The number of ether oxygens (including phenoxy) is 1. The van der Waals surface area contributed by atoms with E-state index in [1.807, 2.05) is 26.8 Å². The Morgan fingerprint density at radius 1 is 1.40 bits per heavy atom. The van der Waals surface area contributed by atoms with Crippen LogP contribution in [0.15, 0.2) is 18.2 Å². The van der Waals surface area contributed by atoms with Gasteiger partial charge in [0.2, 0.25) is 0 Å². The first-order valence-corrected chi connectivity index (χ1v) is 4.77. The van der Waals surface area contributed by atoms with E-state index in [1.54, 1.807) is 6.07 Å². The molecular weight excluding hydrogens is 194 g/mol. The summed E-state index contributed by atoms with van der Waals surface area (Å²) in [5.41, 5.74) is 0.907. The average molecular weight is 208 g/mol. The van der Waals surface area contributed by atoms with Crippen LogP contribution in [-0.2, 0) is 0 Å². The van der Waals surface area contributed by atoms with Crippen LogP contribution in [0.3, 0.4) is 0 Å². The number of nitrogens with zero attached hydrogens (tertiary/aromatic N) is 1. The van der Waals surface area contributed by atoms with Crippen molar-refractivity contribution in [2.75, 3.05) is 6.61 Å². The van der Waals surface area contributed by atoms with E-state index in [-0.39, 0.29) is 5.69 Å². The molecule has 0 N–H and O–H groups in total. The van der Waals surface area contributed by atoms with Gasteiger partial charge in [0, 0.05) is 6.07 Å². The maximum absolute atomic E-state index is 10.7. The Balaban J connectivity index is 3.14. The third-order valence-corrected chi connectivity index (χ3v) is 1.99. The number of rotatable bonds is 4. The average Bonchev–Trinajstić information content (AvgIpc) is 2.17. The molecule has 0 atom stereocenters. The number of non-ortho nitro benzene ring substituents is 1. The van der Waals surface area contributed by atoms with Crippen LogP contribution < -0.4 is 4.74 Å². The monoisotopic (exact) mass is 208 g/mol. The standard InChI is InChI=1S/C11H14NO3/c1-4-15-11-6-9(8(2)3)5-10(7-11)12(13)14/h5-7H,4H2,1-3H3. The second-order valence-electron chi connectivity index (χ2n) is 3.41. The smallest absolute Gasteiger partial charge is 0.273 e. The fraction of sp³-hybridized carbons (Fsp3) is 0.364. The van der Waals surface area contributed by atoms with Crippen molar-refractivity contribution in [3.05, 3.63) is 39.8 Å². The van der Waals surface area contributed by atoms with Crippen molar-refractivity contribution in [3.8, 4) is 5.75 Å². The van der Waals surface area contributed by atoms with Crippen LogP contribution in [0, 0.1) is 16.0 Å². The third-order valence-electron chi connectivity index (χ3n) is 1.99. The van der Waals surface area contributed by atoms with Gasteiger partial charge in [-0.15, -0.1) is 0 Å². The van der Waals surface area contributed by atoms with Crippen LogP contribution >= 0.6 is 0 Å². The molecule has 0 aliphatic carbocycles. The summed E-state index contributed by atoms with van der Waals surface area (Å²) in [4.78, 5) is 10.3. The highest BCUT2D eigenvalue weighted by Crippen LogP contribution is 2.26. The van der Waals surface area contributed by atoms with Crippen molar-refractivity contribution >= 4 is 5.69 Å². The van der Waals surface area contributed by atoms with Crippen molar-refractivity contribution < 1.29 is 9.66 Å². The van der Waals surface area contributed by atoms with Gasteiger partial charge >= 0.3 is 0 Å². The Labute approximate surface area is 89.0 Å². The highest BCUT2D eigenvalue weighted by atomic mass is 16.6. The Hall–Kier alpha value is -1.58. The highest BCUT2D eigenvalue weighted by molar-refractivity contribution is 5.46. The van der Waals surface area contributed by atoms with E-state index in [1.165, 1.54) is 6.07 Å². The molecule has 1 aromatic carbocycles. The summed E-state index contributed by atoms with van der Waals surface area (Å²) in [5, 5.41) is 10.7. The summed E-state index contributed by atoms with van der Waals surface area (Å²) in [6.07, 6.45) is 0. The summed E-state index contributed by atoms with van der Waals surface area (Å²) >= 11 is 0. The molecule has 0 unspecified atom stereocenters. The number of hydrogen-bond acceptors (Lipinski definition) is 3. The molecule has 4 heteroatoms. The largest absolute Gasteiger partial charge is 0.494 e. The molecule has 0 heterocycles. The predicted molar refractivity (Wildman–Crippen MR) is 58.0 cm³/mol. The van der Waals surface area contributed by atoms with Gasteiger partial charge in [-0.25, -0.2) is 0 Å². The molecule has 0 spiro atoms. The van der Waals surface area contributed by atoms with Crippen LogP contribution in [0.25, 0.3) is 0 Å². The van der Waals surface area contributed by atoms with E-state index < -0.39 is 4.92 Å². The normalized spacial score (nSPS) is 10.4. The van der Waals surface area contributed by atoms with Crippen molar-refractivity contribution in [3.63, 3.8) is 0 Å². The lowest BCUT2D eigenvalue weighted by molar-refractivity contribution is -0.385. The fourth-order valence-electron chi connectivity index (χ4n) is 1.23. The zero-order valence-corrected chi connectivity index (χ0v) is 9.11. The zero-order valence-electron chi connectivity index (χ0n) is 9.11. The minimum absolute atomic E-state index is 0.0668. The third kappa shape index (κ3) is 2.94. The van der Waals surface area contributed by atoms with Crippen LogP contribution in [0.1, 0.15) is 26.3 Å². The topological polar surface area (TPSA) is 52.4 Å². The second-order valence-corrected chi connectivity index (χ2v) is 3.41. The van der Waals surface area contributed by atoms with E-state index in [2.05, 4.69) is 0 Å². The van der Waals surface area contributed by atoms with Crippen LogP contribution in [0.2, 0.25) is 0 Å². The number of nitro groups is 1. The molecule has 0 aliphatic heterocycles. The van der Waals surface area contributed by atoms with Crippen LogP contribution in [0.4, 0.5) is 5.69 Å². The lowest BCUT2D eigenvalue weighted by Gasteiger charge is -2.08. The quantitative estimate of drug-likeness (QED) is 0.564. The fourth-order valence-corrected chi connectivity index (χ4v) is 1.23. The summed E-state index contributed by atoms with van der Waals surface area (Å²) in [7, 11) is 0. The van der Waals surface area contributed by atoms with Gasteiger partial charge in [0.05, 0.1) is 17.6 Å². The molecule has 0 saturated heterocycles. The molecule has 1 radical (unpaired) electrons. The van der Waals surface area contributed by atoms with E-state index >= 15 is 0 Å². The van der Waals surface area contributed by atoms with Crippen molar-refractivity contribution in [1.29, 1.82) is 0 Å². The lowest BCUT2D eigenvalue weighted by Crippen LogP contribution is -1.97. The SMILES string of the molecule is CCOc1cc([C](C)C)cc([N+](=O)[O-])c1. The highest BCUT2D eigenvalue weighted by Gasteiger charge is 2.12. The summed E-state index contributed by atoms with van der Waals surface area (Å²) in [6, 6.07) is 4.81. The van der Waals surface area contributed by atoms with E-state index in [0.29, 0.717) is 12.4 Å². The molecule has 0 amide bonds. The summed E-state index contributed by atoms with van der Waals surface area (Å²) in [5.74, 6) is 1.57. The van der Waals surface area contributed by atoms with E-state index in [0.717, 1.165) is 11.5 Å². The van der Waals surface area contributed by atoms with E-state index in [9.17, 15) is 10.1 Å². The van der Waals surface area contributed by atoms with E-state index in [4.69, 9.17) is 4.74 Å². The second kappa shape index (κ2) is 4.77.